The van der Waals surface area contributed by atoms with Gasteiger partial charge in [0.05, 0.1) is 13.2 Å². The van der Waals surface area contributed by atoms with Gasteiger partial charge in [-0.1, -0.05) is 39.8 Å². The number of ether oxygens (including phenoxy) is 1. The summed E-state index contributed by atoms with van der Waals surface area (Å²) in [5.41, 5.74) is 0.590. The molecule has 0 saturated carbocycles. The highest BCUT2D eigenvalue weighted by atomic mass is 16.5. The van der Waals surface area contributed by atoms with Crippen molar-refractivity contribution in [3.05, 3.63) is 41.5 Å². The van der Waals surface area contributed by atoms with Crippen molar-refractivity contribution in [1.82, 2.24) is 16.0 Å². The van der Waals surface area contributed by atoms with Crippen LogP contribution in [0.3, 0.4) is 0 Å². The second-order valence-corrected chi connectivity index (χ2v) is 9.24. The molecule has 36 heavy (non-hydrogen) atoms. The van der Waals surface area contributed by atoms with E-state index in [1.54, 1.807) is 27.7 Å². The van der Waals surface area contributed by atoms with Gasteiger partial charge in [0.25, 0.3) is 5.91 Å². The van der Waals surface area contributed by atoms with Gasteiger partial charge < -0.3 is 30.9 Å². The quantitative estimate of drug-likeness (QED) is 0.201. The fourth-order valence-corrected chi connectivity index (χ4v) is 3.44. The molecule has 0 unspecified atom stereocenters. The van der Waals surface area contributed by atoms with E-state index in [-0.39, 0.29) is 29.8 Å². The van der Waals surface area contributed by atoms with Gasteiger partial charge in [0.2, 0.25) is 11.8 Å². The Morgan fingerprint density at radius 2 is 1.69 bits per heavy atom. The van der Waals surface area contributed by atoms with Gasteiger partial charge in [0.15, 0.2) is 0 Å². The molecule has 3 atom stereocenters. The van der Waals surface area contributed by atoms with Gasteiger partial charge in [0.1, 0.15) is 17.8 Å². The molecule has 0 saturated heterocycles. The maximum Gasteiger partial charge on any atom is 0.330 e. The molecule has 1 rings (SSSR count). The Labute approximate surface area is 212 Å². The number of amides is 3. The van der Waals surface area contributed by atoms with Gasteiger partial charge in [-0.15, -0.1) is 0 Å². The Balaban J connectivity index is 2.94. The number of nitrogens with one attached hydrogen (secondary N) is 3. The first-order chi connectivity index (χ1) is 16.9. The van der Waals surface area contributed by atoms with Gasteiger partial charge in [0, 0.05) is 23.2 Å². The Hall–Kier alpha value is -3.40. The number of phenols is 1. The monoisotopic (exact) mass is 505 g/mol. The van der Waals surface area contributed by atoms with Crippen molar-refractivity contribution in [1.29, 1.82) is 0 Å². The van der Waals surface area contributed by atoms with Crippen molar-refractivity contribution in [2.45, 2.75) is 66.1 Å². The van der Waals surface area contributed by atoms with Crippen LogP contribution in [-0.4, -0.2) is 65.2 Å². The van der Waals surface area contributed by atoms with Gasteiger partial charge in [-0.2, -0.15) is 0 Å². The lowest BCUT2D eigenvalue weighted by atomic mass is 10.0. The lowest BCUT2D eigenvalue weighted by Gasteiger charge is -2.26. The van der Waals surface area contributed by atoms with Crippen LogP contribution >= 0.6 is 0 Å². The number of aromatic hydroxyl groups is 1. The first-order valence-electron chi connectivity index (χ1n) is 12.1. The minimum Gasteiger partial charge on any atom is -0.508 e. The fraction of sp³-hybridized carbons (Fsp3) is 0.538. The zero-order chi connectivity index (χ0) is 27.4. The van der Waals surface area contributed by atoms with Crippen molar-refractivity contribution >= 4 is 23.7 Å². The Kier molecular flexibility index (Phi) is 12.7. The largest absolute Gasteiger partial charge is 0.508 e. The summed E-state index contributed by atoms with van der Waals surface area (Å²) in [5.74, 6) is -2.57. The molecule has 0 aliphatic rings. The third-order valence-corrected chi connectivity index (χ3v) is 5.41. The summed E-state index contributed by atoms with van der Waals surface area (Å²) in [7, 11) is 0. The summed E-state index contributed by atoms with van der Waals surface area (Å²) in [6, 6.07) is 1.71. The summed E-state index contributed by atoms with van der Waals surface area (Å²) in [6.45, 7) is 10.2. The highest BCUT2D eigenvalue weighted by Gasteiger charge is 2.30. The normalized spacial score (nSPS) is 13.8. The Morgan fingerprint density at radius 3 is 2.25 bits per heavy atom. The molecule has 10 heteroatoms. The van der Waals surface area contributed by atoms with E-state index in [2.05, 4.69) is 16.0 Å². The first kappa shape index (κ1) is 30.6. The highest BCUT2D eigenvalue weighted by Crippen LogP contribution is 2.20. The molecule has 0 aliphatic carbocycles. The molecule has 1 aromatic carbocycles. The topological polar surface area (TPSA) is 154 Å². The number of aliphatic hydroxyl groups is 1. The molecular formula is C26H39N3O7. The van der Waals surface area contributed by atoms with E-state index < -0.39 is 48.4 Å². The highest BCUT2D eigenvalue weighted by molar-refractivity contribution is 5.99. The number of rotatable bonds is 13. The molecule has 0 fully saturated rings. The van der Waals surface area contributed by atoms with Crippen molar-refractivity contribution in [2.75, 3.05) is 13.2 Å². The molecular weight excluding hydrogens is 466 g/mol. The second-order valence-electron chi connectivity index (χ2n) is 9.24. The third-order valence-electron chi connectivity index (χ3n) is 5.41. The van der Waals surface area contributed by atoms with Gasteiger partial charge in [-0.25, -0.2) is 4.79 Å². The third kappa shape index (κ3) is 9.69. The maximum atomic E-state index is 13.0. The standard InChI is InChI=1S/C26H39N3O7/c1-7-36-22(32)12-11-18(13-15(2)3)27-25(34)20(14-30)28-26(35)23(16(4)5)29-24(33)19-9-8-10-21(31)17(19)6/h8-12,15-16,18,20,23,30-31H,7,13-14H2,1-6H3,(H,27,34)(H,28,35)(H,29,33)/b12-11+/t18-,20-,23+/m1/s1. The summed E-state index contributed by atoms with van der Waals surface area (Å²) in [4.78, 5) is 50.3. The molecule has 0 aromatic heterocycles. The average molecular weight is 506 g/mol. The summed E-state index contributed by atoms with van der Waals surface area (Å²) >= 11 is 0. The van der Waals surface area contributed by atoms with Crippen molar-refractivity contribution in [3.63, 3.8) is 0 Å². The van der Waals surface area contributed by atoms with E-state index in [0.29, 0.717) is 12.0 Å². The average Bonchev–Trinajstić information content (AvgIpc) is 2.80. The molecule has 0 bridgehead atoms. The number of benzene rings is 1. The maximum absolute atomic E-state index is 13.0. The zero-order valence-corrected chi connectivity index (χ0v) is 21.8. The van der Waals surface area contributed by atoms with E-state index >= 15 is 0 Å². The lowest BCUT2D eigenvalue weighted by Crippen LogP contribution is -2.57. The molecule has 0 heterocycles. The molecule has 1 aromatic rings. The number of aliphatic hydroxyl groups excluding tert-OH is 1. The number of hydrogen-bond donors (Lipinski definition) is 5. The smallest absolute Gasteiger partial charge is 0.330 e. The van der Waals surface area contributed by atoms with Gasteiger partial charge >= 0.3 is 5.97 Å². The summed E-state index contributed by atoms with van der Waals surface area (Å²) in [6.07, 6.45) is 3.26. The Bertz CT molecular complexity index is 943. The number of esters is 1. The minimum atomic E-state index is -1.27. The fourth-order valence-electron chi connectivity index (χ4n) is 3.44. The molecule has 0 spiro atoms. The van der Waals surface area contributed by atoms with Crippen LogP contribution in [0.4, 0.5) is 0 Å². The molecule has 3 amide bonds. The molecule has 0 radical (unpaired) electrons. The Morgan fingerprint density at radius 1 is 1.03 bits per heavy atom. The van der Waals surface area contributed by atoms with E-state index in [4.69, 9.17) is 4.74 Å². The first-order valence-corrected chi connectivity index (χ1v) is 12.1. The van der Waals surface area contributed by atoms with Gasteiger partial charge in [-0.05, 0) is 44.2 Å². The van der Waals surface area contributed by atoms with Crippen LogP contribution in [0.15, 0.2) is 30.4 Å². The predicted octanol–water partition coefficient (Wildman–Crippen LogP) is 1.58. The van der Waals surface area contributed by atoms with Crippen LogP contribution in [0.2, 0.25) is 0 Å². The van der Waals surface area contributed by atoms with E-state index in [1.165, 1.54) is 30.4 Å². The summed E-state index contributed by atoms with van der Waals surface area (Å²) in [5, 5.41) is 27.5. The molecule has 0 aliphatic heterocycles. The zero-order valence-electron chi connectivity index (χ0n) is 21.8. The number of hydrogen-bond acceptors (Lipinski definition) is 7. The minimum absolute atomic E-state index is 0.0434. The second kappa shape index (κ2) is 14.9. The van der Waals surface area contributed by atoms with Crippen LogP contribution in [0, 0.1) is 18.8 Å². The summed E-state index contributed by atoms with van der Waals surface area (Å²) < 4.78 is 4.87. The van der Waals surface area contributed by atoms with Crippen LogP contribution in [-0.2, 0) is 19.1 Å². The predicted molar refractivity (Wildman–Crippen MR) is 135 cm³/mol. The van der Waals surface area contributed by atoms with Crippen molar-refractivity contribution in [3.8, 4) is 5.75 Å². The SMILES string of the molecule is CCOC(=O)/C=C/[C@H](CC(C)C)NC(=O)[C@@H](CO)NC(=O)[C@@H](NC(=O)c1cccc(O)c1C)C(C)C. The van der Waals surface area contributed by atoms with E-state index in [9.17, 15) is 29.4 Å². The van der Waals surface area contributed by atoms with Crippen LogP contribution in [0.1, 0.15) is 57.0 Å². The molecule has 10 nitrogen and oxygen atoms in total. The molecule has 5 N–H and O–H groups in total. The van der Waals surface area contributed by atoms with Crippen molar-refractivity contribution < 1.29 is 34.1 Å². The van der Waals surface area contributed by atoms with Crippen LogP contribution in [0.5, 0.6) is 5.75 Å². The van der Waals surface area contributed by atoms with Crippen LogP contribution in [0.25, 0.3) is 0 Å². The number of carbonyl (C=O) groups excluding carboxylic acids is 4. The van der Waals surface area contributed by atoms with E-state index in [1.807, 2.05) is 13.8 Å². The number of phenolic OH excluding ortho intramolecular Hbond substituents is 1. The van der Waals surface area contributed by atoms with Crippen LogP contribution < -0.4 is 16.0 Å². The number of carbonyl (C=O) groups is 4. The van der Waals surface area contributed by atoms with E-state index in [0.717, 1.165) is 0 Å². The lowest BCUT2D eigenvalue weighted by molar-refractivity contribution is -0.137. The molecule has 200 valence electrons. The van der Waals surface area contributed by atoms with Crippen molar-refractivity contribution in [2.24, 2.45) is 11.8 Å². The van der Waals surface area contributed by atoms with Gasteiger partial charge in [-0.3, -0.25) is 14.4 Å².